The normalized spacial score (nSPS) is 11.1. The number of hydrogen-bond acceptors (Lipinski definition) is 16. The molecule has 32 heteroatoms. The van der Waals surface area contributed by atoms with E-state index in [1.54, 1.807) is 0 Å². The molecule has 0 aliphatic carbocycles. The van der Waals surface area contributed by atoms with E-state index < -0.39 is 63.1 Å². The Morgan fingerprint density at radius 1 is 0.583 bits per heavy atom. The van der Waals surface area contributed by atoms with Gasteiger partial charge < -0.3 is 38.0 Å². The molecule has 0 saturated carbocycles. The van der Waals surface area contributed by atoms with Crippen molar-refractivity contribution in [2.45, 2.75) is 23.0 Å². The van der Waals surface area contributed by atoms with Gasteiger partial charge in [-0.15, -0.1) is 0 Å². The summed E-state index contributed by atoms with van der Waals surface area (Å²) in [6.07, 6.45) is 2.45. The summed E-state index contributed by atoms with van der Waals surface area (Å²) in [6.45, 7) is -5.96. The Kier molecular flexibility index (Phi) is 21.6. The molecule has 0 aliphatic heterocycles. The number of benzene rings is 6. The Labute approximate surface area is 487 Å². The summed E-state index contributed by atoms with van der Waals surface area (Å²) in [6, 6.07) is 32.1. The van der Waals surface area contributed by atoms with Crippen LogP contribution < -0.4 is 45.0 Å². The Morgan fingerprint density at radius 3 is 1.50 bits per heavy atom. The van der Waals surface area contributed by atoms with Crippen molar-refractivity contribution in [2.75, 3.05) is 23.7 Å². The van der Waals surface area contributed by atoms with E-state index in [1.807, 2.05) is 0 Å². The minimum atomic E-state index is -4.03. The molecule has 84 heavy (non-hydrogen) atoms. The van der Waals surface area contributed by atoms with Gasteiger partial charge in [0.1, 0.15) is 47.2 Å². The van der Waals surface area contributed by atoms with E-state index in [-0.39, 0.29) is 102 Å². The van der Waals surface area contributed by atoms with Gasteiger partial charge in [0, 0.05) is 52.7 Å². The van der Waals surface area contributed by atoms with Crippen molar-refractivity contribution in [2.24, 2.45) is 0 Å². The van der Waals surface area contributed by atoms with E-state index in [4.69, 9.17) is 19.5 Å². The number of alkyl halides is 4. The van der Waals surface area contributed by atoms with Crippen LogP contribution in [0, 0.1) is 11.6 Å². The zero-order chi connectivity index (χ0) is 59.0. The molecule has 0 bridgehead atoms. The number of ether oxygens (including phenoxy) is 4. The molecule has 10 aromatic rings. The molecule has 6 aromatic carbocycles. The molecule has 440 valence electrons. The largest absolute Gasteiger partial charge is 0.495 e. The number of aromatic nitrogens is 4. The molecule has 4 aromatic heterocycles. The second-order valence-electron chi connectivity index (χ2n) is 16.6. The van der Waals surface area contributed by atoms with E-state index in [0.29, 0.717) is 16.3 Å². The van der Waals surface area contributed by atoms with Crippen LogP contribution in [-0.4, -0.2) is 80.9 Å². The molecular weight excluding hydrogens is 1260 g/mol. The fourth-order valence-corrected chi connectivity index (χ4v) is 10.2. The van der Waals surface area contributed by atoms with Gasteiger partial charge in [0.15, 0.2) is 11.6 Å². The molecule has 0 radical (unpaired) electrons. The minimum absolute atomic E-state index is 0. The number of halogens is 7. The van der Waals surface area contributed by atoms with Gasteiger partial charge in [0.25, 0.3) is 31.2 Å². The first-order chi connectivity index (χ1) is 39.0. The van der Waals surface area contributed by atoms with Crippen molar-refractivity contribution in [3.8, 4) is 45.5 Å². The van der Waals surface area contributed by atoms with E-state index >= 15 is 4.39 Å². The predicted octanol–water partition coefficient (Wildman–Crippen LogP) is 8.97. The van der Waals surface area contributed by atoms with Crippen molar-refractivity contribution < 1.29 is 81.2 Å². The first-order valence-corrected chi connectivity index (χ1v) is 26.9. The summed E-state index contributed by atoms with van der Waals surface area (Å²) in [5.74, 6) is -1.19. The van der Waals surface area contributed by atoms with Crippen LogP contribution in [0.2, 0.25) is 0 Å². The van der Waals surface area contributed by atoms with Crippen molar-refractivity contribution in [3.63, 3.8) is 0 Å². The van der Waals surface area contributed by atoms with Crippen LogP contribution in [0.4, 0.5) is 38.0 Å². The molecule has 0 amide bonds. The SMILES string of the molecule is COc1cc(-c2cccc(OC(F)F)c2)c(F)cc1-n1c(=O)ccc2cc(S(=O)(=O)Nc3ccon3)ccc21.COc1cc(Br)c(F)cc1-n1c(=O)ccc2cc(S(=O)(=O)Nc3ccon3)ccc21.OB(O)c1cccc(OC(F)F)c1.P.P. The number of anilines is 2. The number of nitrogens with one attached hydrogen (secondary N) is 2. The number of methoxy groups -OCH3 is 2. The lowest BCUT2D eigenvalue weighted by molar-refractivity contribution is -0.0504. The Hall–Kier alpha value is -8.24. The van der Waals surface area contributed by atoms with Crippen LogP contribution in [0.25, 0.3) is 44.3 Å². The summed E-state index contributed by atoms with van der Waals surface area (Å²) in [4.78, 5) is 25.4. The van der Waals surface area contributed by atoms with Gasteiger partial charge in [-0.1, -0.05) is 34.6 Å². The highest BCUT2D eigenvalue weighted by Crippen LogP contribution is 2.36. The number of pyridine rings is 2. The van der Waals surface area contributed by atoms with Gasteiger partial charge in [-0.2, -0.15) is 37.4 Å². The second-order valence-corrected chi connectivity index (χ2v) is 20.8. The minimum Gasteiger partial charge on any atom is -0.495 e. The summed E-state index contributed by atoms with van der Waals surface area (Å²) in [5, 5.41) is 25.3. The molecule has 0 saturated heterocycles. The third-order valence-corrected chi connectivity index (χ3v) is 14.7. The van der Waals surface area contributed by atoms with Gasteiger partial charge >= 0.3 is 20.3 Å². The van der Waals surface area contributed by atoms with E-state index in [1.165, 1.54) is 169 Å². The maximum atomic E-state index is 15.4. The maximum Gasteiger partial charge on any atom is 0.488 e. The third-order valence-electron chi connectivity index (χ3n) is 11.4. The monoisotopic (exact) mass is 1310 g/mol. The number of nitrogens with zero attached hydrogens (tertiary/aromatic N) is 4. The van der Waals surface area contributed by atoms with Crippen molar-refractivity contribution in [1.82, 2.24) is 19.4 Å². The smallest absolute Gasteiger partial charge is 0.488 e. The second kappa shape index (κ2) is 27.9. The lowest BCUT2D eigenvalue weighted by Gasteiger charge is -2.17. The number of fused-ring (bicyclic) bond motifs is 2. The highest BCUT2D eigenvalue weighted by molar-refractivity contribution is 9.10. The number of rotatable bonds is 16. The molecular formula is C52H44BBrF6N6O14P2S2. The Bertz CT molecular complexity index is 4310. The fourth-order valence-electron chi connectivity index (χ4n) is 7.85. The third kappa shape index (κ3) is 15.3. The fraction of sp³-hybridized carbons (Fsp3) is 0.0769. The highest BCUT2D eigenvalue weighted by atomic mass is 79.9. The van der Waals surface area contributed by atoms with Crippen LogP contribution in [0.3, 0.4) is 0 Å². The zero-order valence-electron chi connectivity index (χ0n) is 43.2. The summed E-state index contributed by atoms with van der Waals surface area (Å²) >= 11 is 3.09. The quantitative estimate of drug-likeness (QED) is 0.0399. The lowest BCUT2D eigenvalue weighted by Crippen LogP contribution is -2.29. The van der Waals surface area contributed by atoms with Crippen molar-refractivity contribution in [3.05, 3.63) is 195 Å². The van der Waals surface area contributed by atoms with E-state index in [0.717, 1.165) is 12.1 Å². The summed E-state index contributed by atoms with van der Waals surface area (Å²) < 4.78 is 165. The number of hydrogen-bond donors (Lipinski definition) is 4. The van der Waals surface area contributed by atoms with Crippen LogP contribution in [0.5, 0.6) is 23.0 Å². The lowest BCUT2D eigenvalue weighted by atomic mass is 9.80. The van der Waals surface area contributed by atoms with E-state index in [9.17, 15) is 48.4 Å². The molecule has 4 N–H and O–H groups in total. The molecule has 0 spiro atoms. The predicted molar refractivity (Wildman–Crippen MR) is 312 cm³/mol. The van der Waals surface area contributed by atoms with Crippen LogP contribution in [0.15, 0.2) is 191 Å². The van der Waals surface area contributed by atoms with Gasteiger partial charge in [-0.05, 0) is 112 Å². The molecule has 0 aliphatic rings. The van der Waals surface area contributed by atoms with Crippen molar-refractivity contribution >= 4 is 102 Å². The maximum absolute atomic E-state index is 15.4. The molecule has 2 atom stereocenters. The van der Waals surface area contributed by atoms with Gasteiger partial charge in [-0.3, -0.25) is 28.2 Å². The Morgan fingerprint density at radius 2 is 1.05 bits per heavy atom. The molecule has 0 fully saturated rings. The summed E-state index contributed by atoms with van der Waals surface area (Å²) in [5.41, 5.74) is 0.305. The molecule has 2 unspecified atom stereocenters. The number of sulfonamides is 2. The van der Waals surface area contributed by atoms with Crippen LogP contribution in [-0.2, 0) is 20.0 Å². The average Bonchev–Trinajstić information content (AvgIpc) is 3.77. The van der Waals surface area contributed by atoms with E-state index in [2.05, 4.69) is 54.2 Å². The zero-order valence-corrected chi connectivity index (χ0v) is 49.2. The topological polar surface area (TPSA) is 266 Å². The standard InChI is InChI=1S/C26H18F3N3O6S.C19H13BrFN3O5S.C7H7BF2O3.2H3P/c1-36-23-13-19(15-3-2-4-17(11-15)38-26(28)29)20(27)14-22(23)32-21-7-6-18(12-16(21)5-8-25(32)33)39(34,35)31-24-9-10-37-30-24;1-28-17-9-13(20)14(21)10-16(17)24-15-4-3-12(8-11(15)2-5-19(24)25)30(26,27)23-18-6-7-29-22-18;9-7(10)13-6-3-1-2-5(4-6)8(11)12;;/h2-14,26H,1H3,(H,30,31);2-10H,1H3,(H,22,23);1-4,7,11-12H;2*1H3. The van der Waals surface area contributed by atoms with Gasteiger partial charge in [0.05, 0.1) is 50.9 Å². The average molecular weight is 1310 g/mol. The van der Waals surface area contributed by atoms with Gasteiger partial charge in [0.2, 0.25) is 0 Å². The highest BCUT2D eigenvalue weighted by Gasteiger charge is 2.23. The van der Waals surface area contributed by atoms with Crippen LogP contribution in [0.1, 0.15) is 0 Å². The first-order valence-electron chi connectivity index (χ1n) is 23.1. The van der Waals surface area contributed by atoms with Gasteiger partial charge in [-0.25, -0.2) is 25.6 Å². The van der Waals surface area contributed by atoms with Crippen LogP contribution >= 0.6 is 35.7 Å². The molecule has 4 heterocycles. The first kappa shape index (κ1) is 64.9. The Balaban J connectivity index is 0.000000222. The summed E-state index contributed by atoms with van der Waals surface area (Å²) in [7, 11) is -6.92. The van der Waals surface area contributed by atoms with Crippen molar-refractivity contribution in [1.29, 1.82) is 0 Å². The molecule has 20 nitrogen and oxygen atoms in total. The molecule has 10 rings (SSSR count).